The Bertz CT molecular complexity index is 3160. The van der Waals surface area contributed by atoms with Crippen LogP contribution in [-0.4, -0.2) is 0 Å². The van der Waals surface area contributed by atoms with Gasteiger partial charge in [0.25, 0.3) is 0 Å². The summed E-state index contributed by atoms with van der Waals surface area (Å²) < 4.78 is 13.4. The van der Waals surface area contributed by atoms with E-state index >= 15 is 0 Å². The molecule has 0 radical (unpaired) electrons. The van der Waals surface area contributed by atoms with Crippen molar-refractivity contribution in [1.29, 1.82) is 0 Å². The zero-order valence-corrected chi connectivity index (χ0v) is 33.8. The number of hydrogen-bond acceptors (Lipinski definition) is 4. The smallest absolute Gasteiger partial charge is 0.139 e. The van der Waals surface area contributed by atoms with E-state index in [-0.39, 0.29) is 0 Å². The van der Waals surface area contributed by atoms with E-state index < -0.39 is 0 Å². The number of rotatable bonds is 6. The maximum Gasteiger partial charge on any atom is 0.139 e. The molecule has 0 saturated carbocycles. The Hall–Kier alpha value is -7.30. The van der Waals surface area contributed by atoms with Gasteiger partial charge in [0.15, 0.2) is 0 Å². The van der Waals surface area contributed by atoms with Crippen molar-refractivity contribution in [1.82, 2.24) is 0 Å². The van der Waals surface area contributed by atoms with Crippen LogP contribution in [0.1, 0.15) is 27.8 Å². The molecule has 4 nitrogen and oxygen atoms in total. The van der Waals surface area contributed by atoms with Gasteiger partial charge >= 0.3 is 0 Å². The Kier molecular flexibility index (Phi) is 7.92. The highest BCUT2D eigenvalue weighted by Crippen LogP contribution is 2.45. The predicted octanol–water partition coefficient (Wildman–Crippen LogP) is 16.3. The number of aryl methyl sites for hydroxylation is 5. The monoisotopic (exact) mass is 762 g/mol. The number of furan rings is 2. The van der Waals surface area contributed by atoms with Crippen molar-refractivity contribution in [2.45, 2.75) is 34.6 Å². The summed E-state index contributed by atoms with van der Waals surface area (Å²) in [5.74, 6) is 0. The van der Waals surface area contributed by atoms with Gasteiger partial charge < -0.3 is 18.6 Å². The van der Waals surface area contributed by atoms with Gasteiger partial charge in [0.2, 0.25) is 0 Å². The van der Waals surface area contributed by atoms with E-state index in [0.29, 0.717) is 0 Å². The molecule has 284 valence electrons. The van der Waals surface area contributed by atoms with Crippen LogP contribution in [0.25, 0.3) is 65.4 Å². The Labute approximate surface area is 343 Å². The lowest BCUT2D eigenvalue weighted by Gasteiger charge is -2.28. The van der Waals surface area contributed by atoms with Crippen LogP contribution in [0, 0.1) is 34.6 Å². The van der Waals surface area contributed by atoms with Gasteiger partial charge in [0.1, 0.15) is 22.3 Å². The molecule has 11 rings (SSSR count). The number of nitrogens with zero attached hydrogens (tertiary/aromatic N) is 2. The third kappa shape index (κ3) is 5.59. The van der Waals surface area contributed by atoms with Crippen molar-refractivity contribution < 1.29 is 8.83 Å². The fourth-order valence-electron chi connectivity index (χ4n) is 9.26. The van der Waals surface area contributed by atoms with Crippen molar-refractivity contribution in [3.05, 3.63) is 192 Å². The van der Waals surface area contributed by atoms with Crippen molar-refractivity contribution in [3.63, 3.8) is 0 Å². The van der Waals surface area contributed by atoms with Gasteiger partial charge in [-0.25, -0.2) is 0 Å². The van der Waals surface area contributed by atoms with Crippen molar-refractivity contribution >= 4 is 99.5 Å². The third-order valence-corrected chi connectivity index (χ3v) is 12.3. The van der Waals surface area contributed by atoms with Crippen molar-refractivity contribution in [2.24, 2.45) is 0 Å². The molecule has 0 N–H and O–H groups in total. The molecule has 2 heterocycles. The molecule has 0 aliphatic heterocycles. The molecule has 0 amide bonds. The van der Waals surface area contributed by atoms with Crippen LogP contribution in [0.2, 0.25) is 0 Å². The molecule has 2 aromatic heterocycles. The van der Waals surface area contributed by atoms with E-state index in [4.69, 9.17) is 8.83 Å². The van der Waals surface area contributed by atoms with Gasteiger partial charge in [0.05, 0.1) is 0 Å². The minimum Gasteiger partial charge on any atom is -0.456 e. The van der Waals surface area contributed by atoms with E-state index in [1.807, 2.05) is 0 Å². The number of benzene rings is 9. The quantitative estimate of drug-likeness (QED) is 0.169. The second kappa shape index (κ2) is 13.4. The molecule has 0 aliphatic rings. The summed E-state index contributed by atoms with van der Waals surface area (Å²) >= 11 is 0. The van der Waals surface area contributed by atoms with Crippen molar-refractivity contribution in [3.8, 4) is 0 Å². The van der Waals surface area contributed by atoms with Gasteiger partial charge in [-0.15, -0.1) is 0 Å². The Morgan fingerprint density at radius 3 is 1.03 bits per heavy atom. The van der Waals surface area contributed by atoms with Gasteiger partial charge in [-0.3, -0.25) is 0 Å². The summed E-state index contributed by atoms with van der Waals surface area (Å²) in [5, 5.41) is 9.08. The summed E-state index contributed by atoms with van der Waals surface area (Å²) in [6, 6.07) is 58.9. The molecule has 59 heavy (non-hydrogen) atoms. The van der Waals surface area contributed by atoms with Crippen LogP contribution in [0.3, 0.4) is 0 Å². The highest BCUT2D eigenvalue weighted by Gasteiger charge is 2.22. The Morgan fingerprint density at radius 1 is 0.322 bits per heavy atom. The zero-order chi connectivity index (χ0) is 39.9. The number of hydrogen-bond donors (Lipinski definition) is 0. The minimum atomic E-state index is 0.833. The Morgan fingerprint density at radius 2 is 0.678 bits per heavy atom. The Balaban J connectivity index is 1.04. The summed E-state index contributed by atoms with van der Waals surface area (Å²) in [6.45, 7) is 10.9. The predicted molar refractivity (Wildman–Crippen MR) is 249 cm³/mol. The average molecular weight is 763 g/mol. The summed E-state index contributed by atoms with van der Waals surface area (Å²) in [7, 11) is 0. The molecule has 0 atom stereocenters. The maximum absolute atomic E-state index is 6.70. The van der Waals surface area contributed by atoms with Crippen LogP contribution < -0.4 is 9.80 Å². The highest BCUT2D eigenvalue weighted by molar-refractivity contribution is 6.21. The number of anilines is 6. The largest absolute Gasteiger partial charge is 0.456 e. The molecule has 0 bridgehead atoms. The minimum absolute atomic E-state index is 0.833. The van der Waals surface area contributed by atoms with Crippen LogP contribution in [0.5, 0.6) is 0 Å². The van der Waals surface area contributed by atoms with Gasteiger partial charge in [-0.2, -0.15) is 0 Å². The average Bonchev–Trinajstić information content (AvgIpc) is 3.79. The summed E-state index contributed by atoms with van der Waals surface area (Å²) in [6.07, 6.45) is 0. The second-order valence-corrected chi connectivity index (χ2v) is 16.0. The molecule has 9 aromatic carbocycles. The molecule has 0 fully saturated rings. The van der Waals surface area contributed by atoms with E-state index in [2.05, 4.69) is 208 Å². The fourth-order valence-corrected chi connectivity index (χ4v) is 9.26. The normalized spacial score (nSPS) is 11.8. The lowest BCUT2D eigenvalue weighted by atomic mass is 9.98. The molecule has 0 spiro atoms. The first kappa shape index (κ1) is 34.9. The third-order valence-electron chi connectivity index (χ3n) is 12.3. The standard InChI is InChI=1S/C55H42N2O2/c1-33-14-6-10-18-46(33)56(47-19-11-7-15-34(47)2)42-24-22-38-28-44-50(30-40(38)26-42)58-52-32-53-55(37(5)54(44)52)45-29-39-23-25-43(27-41(39)31-51(45)59-53)57(48-20-12-8-16-35(48)3)49-21-13-9-17-36(49)4/h6-32H,1-5H3. The number of fused-ring (bicyclic) bond motifs is 8. The van der Waals surface area contributed by atoms with Crippen LogP contribution in [-0.2, 0) is 0 Å². The van der Waals surface area contributed by atoms with E-state index in [1.165, 1.54) is 33.0 Å². The highest BCUT2D eigenvalue weighted by atomic mass is 16.3. The maximum atomic E-state index is 6.70. The molecule has 0 unspecified atom stereocenters. The van der Waals surface area contributed by atoms with Crippen molar-refractivity contribution in [2.75, 3.05) is 9.80 Å². The van der Waals surface area contributed by atoms with Crippen LogP contribution in [0.4, 0.5) is 34.1 Å². The SMILES string of the molecule is Cc1ccccc1N(c1ccc2cc3c(cc2c1)oc1cc2oc4cc5cc(N(c6ccccc6C)c6ccccc6C)ccc5cc4c2c(C)c13)c1ccccc1C. The summed E-state index contributed by atoms with van der Waals surface area (Å²) in [5.41, 5.74) is 16.3. The van der Waals surface area contributed by atoms with Gasteiger partial charge in [-0.05, 0) is 157 Å². The molecule has 11 aromatic rings. The topological polar surface area (TPSA) is 32.8 Å². The molecule has 4 heteroatoms. The lowest BCUT2D eigenvalue weighted by Crippen LogP contribution is -2.12. The zero-order valence-electron chi connectivity index (χ0n) is 33.8. The van der Waals surface area contributed by atoms with Gasteiger partial charge in [0, 0.05) is 61.7 Å². The molecule has 0 aliphatic carbocycles. The van der Waals surface area contributed by atoms with Gasteiger partial charge in [-0.1, -0.05) is 84.9 Å². The molecular formula is C55H42N2O2. The first-order valence-electron chi connectivity index (χ1n) is 20.3. The van der Waals surface area contributed by atoms with Crippen LogP contribution >= 0.6 is 0 Å². The summed E-state index contributed by atoms with van der Waals surface area (Å²) in [4.78, 5) is 4.73. The van der Waals surface area contributed by atoms with E-state index in [0.717, 1.165) is 94.3 Å². The van der Waals surface area contributed by atoms with E-state index in [1.54, 1.807) is 0 Å². The second-order valence-electron chi connectivity index (χ2n) is 16.0. The van der Waals surface area contributed by atoms with E-state index in [9.17, 15) is 0 Å². The lowest BCUT2D eigenvalue weighted by molar-refractivity contribution is 0.656. The van der Waals surface area contributed by atoms with Crippen LogP contribution in [0.15, 0.2) is 173 Å². The fraction of sp³-hybridized carbons (Fsp3) is 0.0909. The first-order chi connectivity index (χ1) is 28.8. The molecule has 0 saturated heterocycles. The first-order valence-corrected chi connectivity index (χ1v) is 20.3. The number of para-hydroxylation sites is 4. The molecular weight excluding hydrogens is 721 g/mol.